The molecule has 0 fully saturated rings. The highest BCUT2D eigenvalue weighted by Crippen LogP contribution is 2.08. The lowest BCUT2D eigenvalue weighted by Crippen LogP contribution is -2.35. The van der Waals surface area contributed by atoms with Crippen molar-refractivity contribution in [1.29, 1.82) is 0 Å². The molecule has 0 radical (unpaired) electrons. The zero-order valence-electron chi connectivity index (χ0n) is 13.9. The van der Waals surface area contributed by atoms with Crippen LogP contribution in [0.4, 0.5) is 0 Å². The van der Waals surface area contributed by atoms with Crippen molar-refractivity contribution < 1.29 is 24.3 Å². The van der Waals surface area contributed by atoms with Crippen LogP contribution in [0, 0.1) is 5.92 Å². The third-order valence-electron chi connectivity index (χ3n) is 3.57. The molecule has 0 bridgehead atoms. The third-order valence-corrected chi connectivity index (χ3v) is 3.57. The van der Waals surface area contributed by atoms with Gasteiger partial charge in [0.2, 0.25) is 5.91 Å². The Balaban J connectivity index is 0.00000149. The van der Waals surface area contributed by atoms with Crippen LogP contribution in [0.2, 0.25) is 0 Å². The molecule has 0 aliphatic carbocycles. The van der Waals surface area contributed by atoms with E-state index >= 15 is 0 Å². The predicted octanol–water partition coefficient (Wildman–Crippen LogP) is 1.33. The van der Waals surface area contributed by atoms with Crippen molar-refractivity contribution in [2.45, 2.75) is 52.5 Å². The zero-order valence-corrected chi connectivity index (χ0v) is 13.9. The molecule has 3 amide bonds. The normalized spacial score (nSPS) is 14.5. The van der Waals surface area contributed by atoms with E-state index in [-0.39, 0.29) is 30.2 Å². The molecule has 1 unspecified atom stereocenters. The fraction of sp³-hybridized carbons (Fsp3) is 0.625. The van der Waals surface area contributed by atoms with Crippen LogP contribution in [0.15, 0.2) is 12.2 Å². The Morgan fingerprint density at radius 2 is 1.70 bits per heavy atom. The van der Waals surface area contributed by atoms with Crippen molar-refractivity contribution in [3.63, 3.8) is 0 Å². The first-order chi connectivity index (χ1) is 10.8. The molecule has 0 aromatic rings. The van der Waals surface area contributed by atoms with Gasteiger partial charge in [-0.2, -0.15) is 0 Å². The minimum Gasteiger partial charge on any atom is -0.483 e. The molecule has 1 rings (SSSR count). The number of imide groups is 1. The van der Waals surface area contributed by atoms with E-state index in [2.05, 4.69) is 19.2 Å². The Morgan fingerprint density at radius 3 is 2.17 bits per heavy atom. The minimum atomic E-state index is -0.250. The van der Waals surface area contributed by atoms with Crippen LogP contribution in [-0.2, 0) is 19.2 Å². The smallest absolute Gasteiger partial charge is 0.290 e. The molecule has 23 heavy (non-hydrogen) atoms. The lowest BCUT2D eigenvalue weighted by molar-refractivity contribution is -0.137. The SMILES string of the molecule is CC(C)C(C)NC(=O)CCCCCN1C(=O)C=CC1=O.O=CO. The number of nitrogens with one attached hydrogen (secondary N) is 1. The number of carbonyl (C=O) groups excluding carboxylic acids is 3. The summed E-state index contributed by atoms with van der Waals surface area (Å²) in [6.07, 6.45) is 5.44. The van der Waals surface area contributed by atoms with Crippen LogP contribution in [0.5, 0.6) is 0 Å². The van der Waals surface area contributed by atoms with Crippen molar-refractivity contribution >= 4 is 24.2 Å². The molecule has 1 aliphatic rings. The molecule has 0 saturated carbocycles. The van der Waals surface area contributed by atoms with E-state index in [0.717, 1.165) is 19.3 Å². The van der Waals surface area contributed by atoms with Gasteiger partial charge in [0.15, 0.2) is 0 Å². The van der Waals surface area contributed by atoms with Crippen LogP contribution >= 0.6 is 0 Å². The maximum absolute atomic E-state index is 11.6. The van der Waals surface area contributed by atoms with Crippen molar-refractivity contribution in [2.24, 2.45) is 5.92 Å². The number of amides is 3. The molecule has 1 aliphatic heterocycles. The van der Waals surface area contributed by atoms with Crippen molar-refractivity contribution in [2.75, 3.05) is 6.54 Å². The van der Waals surface area contributed by atoms with Gasteiger partial charge in [0, 0.05) is 31.2 Å². The standard InChI is InChI=1S/C15H24N2O3.CH2O2/c1-11(2)12(3)16-13(18)7-5-4-6-10-17-14(19)8-9-15(17)20;2-1-3/h8-9,11-12H,4-7,10H2,1-3H3,(H,16,18);1H,(H,2,3). The van der Waals surface area contributed by atoms with E-state index in [9.17, 15) is 14.4 Å². The number of nitrogens with zero attached hydrogens (tertiary/aromatic N) is 1. The average Bonchev–Trinajstić information content (AvgIpc) is 2.79. The van der Waals surface area contributed by atoms with Gasteiger partial charge in [0.05, 0.1) is 0 Å². The monoisotopic (exact) mass is 326 g/mol. The lowest BCUT2D eigenvalue weighted by Gasteiger charge is -2.17. The molecule has 7 heteroatoms. The van der Waals surface area contributed by atoms with Crippen molar-refractivity contribution in [1.82, 2.24) is 10.2 Å². The van der Waals surface area contributed by atoms with Gasteiger partial charge in [-0.15, -0.1) is 0 Å². The molecule has 0 aromatic carbocycles. The molecule has 1 atom stereocenters. The van der Waals surface area contributed by atoms with E-state index in [1.807, 2.05) is 6.92 Å². The number of carboxylic acid groups (broad SMARTS) is 1. The minimum absolute atomic E-state index is 0.0705. The quantitative estimate of drug-likeness (QED) is 0.398. The molecule has 0 aromatic heterocycles. The Morgan fingerprint density at radius 1 is 1.17 bits per heavy atom. The van der Waals surface area contributed by atoms with Crippen LogP contribution in [0.25, 0.3) is 0 Å². The Bertz CT molecular complexity index is 428. The summed E-state index contributed by atoms with van der Waals surface area (Å²) >= 11 is 0. The number of hydrogen-bond acceptors (Lipinski definition) is 4. The number of hydrogen-bond donors (Lipinski definition) is 2. The Labute approximate surface area is 136 Å². The van der Waals surface area contributed by atoms with Crippen LogP contribution < -0.4 is 5.32 Å². The van der Waals surface area contributed by atoms with Gasteiger partial charge in [-0.05, 0) is 25.7 Å². The summed E-state index contributed by atoms with van der Waals surface area (Å²) in [7, 11) is 0. The second-order valence-electron chi connectivity index (χ2n) is 5.68. The Hall–Kier alpha value is -2.18. The number of carbonyl (C=O) groups is 4. The van der Waals surface area contributed by atoms with Gasteiger partial charge in [-0.3, -0.25) is 24.1 Å². The summed E-state index contributed by atoms with van der Waals surface area (Å²) in [6.45, 7) is 6.33. The first-order valence-corrected chi connectivity index (χ1v) is 7.74. The molecule has 130 valence electrons. The highest BCUT2D eigenvalue weighted by Gasteiger charge is 2.22. The van der Waals surface area contributed by atoms with Crippen molar-refractivity contribution in [3.05, 3.63) is 12.2 Å². The van der Waals surface area contributed by atoms with E-state index in [1.54, 1.807) is 0 Å². The van der Waals surface area contributed by atoms with Gasteiger partial charge in [-0.1, -0.05) is 20.3 Å². The molecule has 0 spiro atoms. The van der Waals surface area contributed by atoms with Gasteiger partial charge < -0.3 is 10.4 Å². The predicted molar refractivity (Wildman–Crippen MR) is 85.5 cm³/mol. The zero-order chi connectivity index (χ0) is 17.8. The van der Waals surface area contributed by atoms with E-state index in [4.69, 9.17) is 9.90 Å². The summed E-state index contributed by atoms with van der Waals surface area (Å²) in [6, 6.07) is 0.188. The van der Waals surface area contributed by atoms with Crippen LogP contribution in [-0.4, -0.2) is 46.8 Å². The molecule has 1 heterocycles. The van der Waals surface area contributed by atoms with Gasteiger partial charge in [0.1, 0.15) is 0 Å². The third kappa shape index (κ3) is 8.75. The first-order valence-electron chi connectivity index (χ1n) is 7.74. The number of unbranched alkanes of at least 4 members (excludes halogenated alkanes) is 2. The molecular weight excluding hydrogens is 300 g/mol. The summed E-state index contributed by atoms with van der Waals surface area (Å²) in [4.78, 5) is 43.8. The highest BCUT2D eigenvalue weighted by atomic mass is 16.3. The summed E-state index contributed by atoms with van der Waals surface area (Å²) in [5.74, 6) is 0.0248. The highest BCUT2D eigenvalue weighted by molar-refractivity contribution is 6.12. The van der Waals surface area contributed by atoms with Crippen LogP contribution in [0.1, 0.15) is 46.5 Å². The van der Waals surface area contributed by atoms with Gasteiger partial charge in [-0.25, -0.2) is 0 Å². The average molecular weight is 326 g/mol. The molecule has 7 nitrogen and oxygen atoms in total. The van der Waals surface area contributed by atoms with E-state index < -0.39 is 0 Å². The summed E-state index contributed by atoms with van der Waals surface area (Å²) in [5, 5.41) is 9.85. The molecule has 0 saturated heterocycles. The van der Waals surface area contributed by atoms with Crippen LogP contribution in [0.3, 0.4) is 0 Å². The lowest BCUT2D eigenvalue weighted by atomic mass is 10.1. The second-order valence-corrected chi connectivity index (χ2v) is 5.68. The van der Waals surface area contributed by atoms with E-state index in [0.29, 0.717) is 18.9 Å². The largest absolute Gasteiger partial charge is 0.483 e. The Kier molecular flexibility index (Phi) is 10.3. The topological polar surface area (TPSA) is 104 Å². The fourth-order valence-corrected chi connectivity index (χ4v) is 1.88. The maximum atomic E-state index is 11.6. The fourth-order valence-electron chi connectivity index (χ4n) is 1.88. The first kappa shape index (κ1) is 20.8. The van der Waals surface area contributed by atoms with Crippen molar-refractivity contribution in [3.8, 4) is 0 Å². The summed E-state index contributed by atoms with van der Waals surface area (Å²) < 4.78 is 0. The second kappa shape index (κ2) is 11.4. The summed E-state index contributed by atoms with van der Waals surface area (Å²) in [5.41, 5.74) is 0. The number of rotatable bonds is 8. The maximum Gasteiger partial charge on any atom is 0.290 e. The molecular formula is C16H26N2O5. The molecule has 2 N–H and O–H groups in total. The van der Waals surface area contributed by atoms with Gasteiger partial charge in [0.25, 0.3) is 18.3 Å². The van der Waals surface area contributed by atoms with Gasteiger partial charge >= 0.3 is 0 Å². The van der Waals surface area contributed by atoms with E-state index in [1.165, 1.54) is 17.1 Å².